The first-order valence-electron chi connectivity index (χ1n) is 18.7. The maximum absolute atomic E-state index is 5.18. The predicted molar refractivity (Wildman–Crippen MR) is 231 cm³/mol. The van der Waals surface area contributed by atoms with Crippen molar-refractivity contribution >= 4 is 54.1 Å². The number of rotatable bonds is 5. The number of fused-ring (bicyclic) bond motifs is 9. The van der Waals surface area contributed by atoms with E-state index in [1.54, 1.807) is 0 Å². The van der Waals surface area contributed by atoms with Gasteiger partial charge in [-0.2, -0.15) is 0 Å². The van der Waals surface area contributed by atoms with Gasteiger partial charge in [-0.1, -0.05) is 164 Å². The van der Waals surface area contributed by atoms with E-state index < -0.39 is 0 Å². The van der Waals surface area contributed by atoms with Gasteiger partial charge in [-0.3, -0.25) is 0 Å². The number of aromatic nitrogens is 3. The average Bonchev–Trinajstić information content (AvgIpc) is 3.60. The monoisotopic (exact) mass is 699 g/mol. The highest BCUT2D eigenvalue weighted by molar-refractivity contribution is 6.29. The van der Waals surface area contributed by atoms with E-state index in [1.807, 2.05) is 12.1 Å². The van der Waals surface area contributed by atoms with Crippen LogP contribution in [0.3, 0.4) is 0 Å². The molecule has 0 radical (unpaired) electrons. The first-order chi connectivity index (χ1) is 27.3. The Kier molecular flexibility index (Phi) is 7.17. The maximum Gasteiger partial charge on any atom is 0.160 e. The van der Waals surface area contributed by atoms with E-state index in [2.05, 4.69) is 193 Å². The third-order valence-electron chi connectivity index (χ3n) is 11.0. The molecule has 0 atom stereocenters. The molecule has 2 aromatic heterocycles. The van der Waals surface area contributed by atoms with Crippen LogP contribution in [0.15, 0.2) is 200 Å². The van der Waals surface area contributed by atoms with Crippen molar-refractivity contribution in [2.24, 2.45) is 0 Å². The molecular formula is C52H33N3. The largest absolute Gasteiger partial charge is 0.309 e. The molecule has 0 spiro atoms. The summed E-state index contributed by atoms with van der Waals surface area (Å²) in [5.74, 6) is 0.707. The van der Waals surface area contributed by atoms with Crippen molar-refractivity contribution in [2.75, 3.05) is 0 Å². The van der Waals surface area contributed by atoms with Gasteiger partial charge in [0, 0.05) is 33.2 Å². The number of hydrogen-bond acceptors (Lipinski definition) is 2. The molecule has 0 saturated carbocycles. The molecule has 11 aromatic rings. The Morgan fingerprint density at radius 1 is 0.309 bits per heavy atom. The smallest absolute Gasteiger partial charge is 0.160 e. The summed E-state index contributed by atoms with van der Waals surface area (Å²) in [5, 5.41) is 9.82. The zero-order valence-corrected chi connectivity index (χ0v) is 29.9. The van der Waals surface area contributed by atoms with E-state index in [1.165, 1.54) is 65.3 Å². The fraction of sp³-hybridized carbons (Fsp3) is 0. The standard InChI is InChI=1S/C52H33N3/c1-4-15-34(16-5-1)47-33-48(35-17-6-2-7-18-35)54-52(53-47)37-28-30-45-46(31-37)41-22-11-10-21-40(41)44-25-14-24-39(51(44)45)36-27-29-43-42-23-12-13-26-49(42)55(50(43)32-36)38-19-8-3-9-20-38/h1-33H. The lowest BCUT2D eigenvalue weighted by Gasteiger charge is -2.16. The molecule has 3 nitrogen and oxygen atoms in total. The van der Waals surface area contributed by atoms with Crippen LogP contribution in [0.2, 0.25) is 0 Å². The summed E-state index contributed by atoms with van der Waals surface area (Å²) in [4.78, 5) is 10.4. The SMILES string of the molecule is c1ccc(-c2cc(-c3ccccc3)nc(-c3ccc4c(c3)c3ccccc3c3cccc(-c5ccc6c7ccccc7n(-c7ccccc7)c6c5)c34)n2)cc1. The Labute approximate surface area is 318 Å². The van der Waals surface area contributed by atoms with Crippen LogP contribution in [0.5, 0.6) is 0 Å². The van der Waals surface area contributed by atoms with Crippen LogP contribution in [-0.2, 0) is 0 Å². The van der Waals surface area contributed by atoms with Crippen molar-refractivity contribution in [3.63, 3.8) is 0 Å². The quantitative estimate of drug-likeness (QED) is 0.167. The third-order valence-corrected chi connectivity index (χ3v) is 11.0. The summed E-state index contributed by atoms with van der Waals surface area (Å²) in [6, 6.07) is 71.5. The molecule has 0 fully saturated rings. The van der Waals surface area contributed by atoms with Gasteiger partial charge in [-0.15, -0.1) is 0 Å². The molecule has 0 bridgehead atoms. The van der Waals surface area contributed by atoms with Gasteiger partial charge < -0.3 is 4.57 Å². The Morgan fingerprint density at radius 3 is 1.55 bits per heavy atom. The van der Waals surface area contributed by atoms with Gasteiger partial charge in [0.15, 0.2) is 5.82 Å². The van der Waals surface area contributed by atoms with E-state index in [4.69, 9.17) is 9.97 Å². The zero-order valence-electron chi connectivity index (χ0n) is 29.9. The van der Waals surface area contributed by atoms with Crippen LogP contribution in [0.4, 0.5) is 0 Å². The van der Waals surface area contributed by atoms with Gasteiger partial charge in [0.25, 0.3) is 0 Å². The van der Waals surface area contributed by atoms with Crippen molar-refractivity contribution in [1.82, 2.24) is 14.5 Å². The minimum atomic E-state index is 0.707. The first-order valence-corrected chi connectivity index (χ1v) is 18.7. The van der Waals surface area contributed by atoms with Gasteiger partial charge in [0.05, 0.1) is 22.4 Å². The Morgan fingerprint density at radius 2 is 0.836 bits per heavy atom. The molecular weight excluding hydrogens is 667 g/mol. The molecule has 0 aliphatic carbocycles. The molecule has 11 rings (SSSR count). The van der Waals surface area contributed by atoms with E-state index in [0.717, 1.165) is 33.8 Å². The van der Waals surface area contributed by atoms with Crippen molar-refractivity contribution < 1.29 is 0 Å². The van der Waals surface area contributed by atoms with Crippen LogP contribution in [0.25, 0.3) is 105 Å². The highest BCUT2D eigenvalue weighted by atomic mass is 15.0. The van der Waals surface area contributed by atoms with Crippen molar-refractivity contribution in [3.8, 4) is 50.7 Å². The van der Waals surface area contributed by atoms with Gasteiger partial charge in [-0.05, 0) is 79.8 Å². The van der Waals surface area contributed by atoms with E-state index in [-0.39, 0.29) is 0 Å². The van der Waals surface area contributed by atoms with Gasteiger partial charge in [-0.25, -0.2) is 9.97 Å². The summed E-state index contributed by atoms with van der Waals surface area (Å²) in [6.45, 7) is 0. The van der Waals surface area contributed by atoms with Gasteiger partial charge in [0.2, 0.25) is 0 Å². The Bertz CT molecular complexity index is 3180. The molecule has 9 aromatic carbocycles. The average molecular weight is 700 g/mol. The normalized spacial score (nSPS) is 11.6. The summed E-state index contributed by atoms with van der Waals surface area (Å²) in [6.07, 6.45) is 0. The lowest BCUT2D eigenvalue weighted by molar-refractivity contribution is 1.18. The number of benzene rings is 9. The zero-order chi connectivity index (χ0) is 36.3. The fourth-order valence-corrected chi connectivity index (χ4v) is 8.47. The minimum Gasteiger partial charge on any atom is -0.309 e. The molecule has 3 heteroatoms. The molecule has 0 amide bonds. The van der Waals surface area contributed by atoms with Crippen LogP contribution < -0.4 is 0 Å². The molecule has 2 heterocycles. The van der Waals surface area contributed by atoms with Crippen molar-refractivity contribution in [1.29, 1.82) is 0 Å². The van der Waals surface area contributed by atoms with Crippen molar-refractivity contribution in [3.05, 3.63) is 200 Å². The van der Waals surface area contributed by atoms with Crippen LogP contribution in [0.1, 0.15) is 0 Å². The second kappa shape index (κ2) is 12.6. The molecule has 55 heavy (non-hydrogen) atoms. The maximum atomic E-state index is 5.18. The lowest BCUT2D eigenvalue weighted by atomic mass is 9.88. The summed E-state index contributed by atoms with van der Waals surface area (Å²) < 4.78 is 2.40. The fourth-order valence-electron chi connectivity index (χ4n) is 8.47. The van der Waals surface area contributed by atoms with Crippen LogP contribution in [0, 0.1) is 0 Å². The predicted octanol–water partition coefficient (Wildman–Crippen LogP) is 13.7. The van der Waals surface area contributed by atoms with Gasteiger partial charge >= 0.3 is 0 Å². The third kappa shape index (κ3) is 5.13. The second-order valence-corrected chi connectivity index (χ2v) is 14.1. The Hall–Kier alpha value is -7.36. The minimum absolute atomic E-state index is 0.707. The van der Waals surface area contributed by atoms with Crippen molar-refractivity contribution in [2.45, 2.75) is 0 Å². The van der Waals surface area contributed by atoms with E-state index in [0.29, 0.717) is 5.82 Å². The molecule has 0 saturated heterocycles. The van der Waals surface area contributed by atoms with Crippen LogP contribution >= 0.6 is 0 Å². The number of para-hydroxylation sites is 2. The highest BCUT2D eigenvalue weighted by Crippen LogP contribution is 2.43. The second-order valence-electron chi connectivity index (χ2n) is 14.1. The Balaban J connectivity index is 1.16. The number of nitrogens with zero attached hydrogens (tertiary/aromatic N) is 3. The van der Waals surface area contributed by atoms with E-state index >= 15 is 0 Å². The van der Waals surface area contributed by atoms with Gasteiger partial charge in [0.1, 0.15) is 0 Å². The molecule has 0 aliphatic rings. The summed E-state index contributed by atoms with van der Waals surface area (Å²) >= 11 is 0. The molecule has 0 N–H and O–H groups in total. The van der Waals surface area contributed by atoms with Crippen LogP contribution in [-0.4, -0.2) is 14.5 Å². The summed E-state index contributed by atoms with van der Waals surface area (Å²) in [7, 11) is 0. The topological polar surface area (TPSA) is 30.7 Å². The van der Waals surface area contributed by atoms with E-state index in [9.17, 15) is 0 Å². The highest BCUT2D eigenvalue weighted by Gasteiger charge is 2.18. The molecule has 256 valence electrons. The lowest BCUT2D eigenvalue weighted by Crippen LogP contribution is -1.96. The molecule has 0 aliphatic heterocycles. The molecule has 0 unspecified atom stereocenters. The first kappa shape index (κ1) is 31.2. The summed E-state index contributed by atoms with van der Waals surface area (Å²) in [5.41, 5.74) is 10.9. The number of hydrogen-bond donors (Lipinski definition) is 0.